The van der Waals surface area contributed by atoms with Crippen LogP contribution in [-0.4, -0.2) is 71.5 Å². The quantitative estimate of drug-likeness (QED) is 0.239. The van der Waals surface area contributed by atoms with Crippen molar-refractivity contribution in [3.63, 3.8) is 0 Å². The van der Waals surface area contributed by atoms with Crippen LogP contribution in [0.4, 0.5) is 5.69 Å². The first-order valence-electron chi connectivity index (χ1n) is 10.6. The number of rotatable bonds is 8. The van der Waals surface area contributed by atoms with Gasteiger partial charge in [-0.25, -0.2) is 4.31 Å². The molecule has 0 spiro atoms. The molecule has 0 unspecified atom stereocenters. The number of anilines is 1. The van der Waals surface area contributed by atoms with E-state index in [0.717, 1.165) is 37.8 Å². The van der Waals surface area contributed by atoms with Crippen molar-refractivity contribution in [2.75, 3.05) is 66.2 Å². The van der Waals surface area contributed by atoms with E-state index in [9.17, 15) is 4.79 Å². The molecule has 2 aromatic rings. The summed E-state index contributed by atoms with van der Waals surface area (Å²) in [5.74, 6) is 2.99. The lowest BCUT2D eigenvalue weighted by atomic mass is 10.1. The number of carbonyl (C=O) groups is 1. The van der Waals surface area contributed by atoms with Crippen LogP contribution >= 0.6 is 12.2 Å². The van der Waals surface area contributed by atoms with Gasteiger partial charge in [0.15, 0.2) is 23.0 Å². The molecule has 0 saturated carbocycles. The van der Waals surface area contributed by atoms with Crippen molar-refractivity contribution in [1.29, 1.82) is 0 Å². The van der Waals surface area contributed by atoms with Gasteiger partial charge in [0.2, 0.25) is 5.75 Å². The number of hydrogen-bond acceptors (Lipinski definition) is 9. The Morgan fingerprint density at radius 2 is 1.47 bits per heavy atom. The Hall–Kier alpha value is -3.08. The SMILES string of the molecule is C=C1CN(c2cc(OC)c(OC)c(OC)c2)C1=O.COc1ccccc1OSN1CCOCC1. The molecule has 2 aliphatic rings. The lowest BCUT2D eigenvalue weighted by molar-refractivity contribution is -0.117. The van der Waals surface area contributed by atoms with Gasteiger partial charge < -0.3 is 32.8 Å². The zero-order chi connectivity index (χ0) is 24.5. The van der Waals surface area contributed by atoms with Crippen molar-refractivity contribution >= 4 is 23.8 Å². The topological polar surface area (TPSA) is 78.9 Å². The van der Waals surface area contributed by atoms with Crippen molar-refractivity contribution in [3.05, 3.63) is 48.6 Å². The largest absolute Gasteiger partial charge is 0.493 e. The highest BCUT2D eigenvalue weighted by Crippen LogP contribution is 2.42. The molecule has 10 heteroatoms. The van der Waals surface area contributed by atoms with Gasteiger partial charge in [-0.1, -0.05) is 18.7 Å². The molecule has 9 nitrogen and oxygen atoms in total. The van der Waals surface area contributed by atoms with Crippen LogP contribution in [0.5, 0.6) is 28.7 Å². The number of β-lactam (4-membered cyclic amide) rings is 1. The van der Waals surface area contributed by atoms with Crippen LogP contribution in [0.25, 0.3) is 0 Å². The van der Waals surface area contributed by atoms with E-state index in [2.05, 4.69) is 10.9 Å². The Labute approximate surface area is 204 Å². The molecule has 2 aromatic carbocycles. The molecule has 0 aliphatic carbocycles. The minimum atomic E-state index is -0.0794. The summed E-state index contributed by atoms with van der Waals surface area (Å²) >= 11 is 1.35. The molecule has 0 radical (unpaired) electrons. The van der Waals surface area contributed by atoms with Gasteiger partial charge in [-0.2, -0.15) is 0 Å². The van der Waals surface area contributed by atoms with Crippen molar-refractivity contribution in [2.45, 2.75) is 0 Å². The molecular weight excluding hydrogens is 460 g/mol. The standard InChI is InChI=1S/C13H15NO4.C11H15NO3S/c1-8-7-14(13(8)15)9-5-10(16-2)12(18-4)11(6-9)17-3;1-13-10-4-2-3-5-11(10)15-16-12-6-8-14-9-7-12/h5-6H,1,7H2,2-4H3;2-5H,6-9H2,1H3. The summed E-state index contributed by atoms with van der Waals surface area (Å²) in [5, 5.41) is 0. The van der Waals surface area contributed by atoms with Crippen LogP contribution in [0, 0.1) is 0 Å². The van der Waals surface area contributed by atoms with Crippen LogP contribution in [-0.2, 0) is 9.53 Å². The van der Waals surface area contributed by atoms with Crippen LogP contribution < -0.4 is 28.0 Å². The fourth-order valence-electron chi connectivity index (χ4n) is 3.26. The second-order valence-electron chi connectivity index (χ2n) is 7.23. The van der Waals surface area contributed by atoms with E-state index in [1.165, 1.54) is 33.6 Å². The first-order chi connectivity index (χ1) is 16.5. The van der Waals surface area contributed by atoms with E-state index in [1.54, 1.807) is 24.1 Å². The molecule has 2 saturated heterocycles. The van der Waals surface area contributed by atoms with E-state index in [1.807, 2.05) is 24.3 Å². The third kappa shape index (κ3) is 6.07. The van der Waals surface area contributed by atoms with Crippen LogP contribution in [0.15, 0.2) is 48.6 Å². The van der Waals surface area contributed by atoms with Crippen molar-refractivity contribution in [2.24, 2.45) is 0 Å². The van der Waals surface area contributed by atoms with Crippen LogP contribution in [0.1, 0.15) is 0 Å². The number of nitrogens with zero attached hydrogens (tertiary/aromatic N) is 2. The minimum absolute atomic E-state index is 0.0794. The van der Waals surface area contributed by atoms with E-state index in [0.29, 0.717) is 35.1 Å². The highest BCUT2D eigenvalue weighted by atomic mass is 32.2. The fourth-order valence-corrected chi connectivity index (χ4v) is 3.88. The molecule has 4 rings (SSSR count). The number of methoxy groups -OCH3 is 4. The highest BCUT2D eigenvalue weighted by Gasteiger charge is 2.31. The summed E-state index contributed by atoms with van der Waals surface area (Å²) in [6.45, 7) is 7.49. The first-order valence-corrected chi connectivity index (χ1v) is 11.3. The van der Waals surface area contributed by atoms with Gasteiger partial charge >= 0.3 is 0 Å². The van der Waals surface area contributed by atoms with E-state index < -0.39 is 0 Å². The molecule has 0 aromatic heterocycles. The number of hydrogen-bond donors (Lipinski definition) is 0. The molecule has 0 N–H and O–H groups in total. The second kappa shape index (κ2) is 12.4. The number of benzene rings is 2. The van der Waals surface area contributed by atoms with Crippen molar-refractivity contribution in [3.8, 4) is 28.7 Å². The summed E-state index contributed by atoms with van der Waals surface area (Å²) in [7, 11) is 6.26. The van der Waals surface area contributed by atoms with Gasteiger partial charge in [0, 0.05) is 30.8 Å². The Kier molecular flexibility index (Phi) is 9.32. The number of morpholine rings is 1. The van der Waals surface area contributed by atoms with Crippen LogP contribution in [0.2, 0.25) is 0 Å². The van der Waals surface area contributed by atoms with Gasteiger partial charge in [0.05, 0.1) is 53.9 Å². The van der Waals surface area contributed by atoms with Crippen LogP contribution in [0.3, 0.4) is 0 Å². The Morgan fingerprint density at radius 3 is 1.97 bits per heavy atom. The average molecular weight is 491 g/mol. The summed E-state index contributed by atoms with van der Waals surface area (Å²) in [6.07, 6.45) is 0. The van der Waals surface area contributed by atoms with E-state index >= 15 is 0 Å². The Morgan fingerprint density at radius 1 is 0.882 bits per heavy atom. The van der Waals surface area contributed by atoms with Gasteiger partial charge in [0.25, 0.3) is 5.91 Å². The number of ether oxygens (including phenoxy) is 5. The molecule has 2 heterocycles. The zero-order valence-electron chi connectivity index (χ0n) is 19.9. The number of amides is 1. The molecule has 2 fully saturated rings. The zero-order valence-corrected chi connectivity index (χ0v) is 20.7. The molecule has 1 amide bonds. The maximum Gasteiger partial charge on any atom is 0.255 e. The van der Waals surface area contributed by atoms with Gasteiger partial charge in [-0.15, -0.1) is 0 Å². The monoisotopic (exact) mass is 490 g/mol. The summed E-state index contributed by atoms with van der Waals surface area (Å²) < 4.78 is 33.9. The first kappa shape index (κ1) is 25.5. The molecule has 2 aliphatic heterocycles. The minimum Gasteiger partial charge on any atom is -0.493 e. The smallest absolute Gasteiger partial charge is 0.255 e. The number of carbonyl (C=O) groups excluding carboxylic acids is 1. The van der Waals surface area contributed by atoms with Gasteiger partial charge in [-0.05, 0) is 12.1 Å². The second-order valence-corrected chi connectivity index (χ2v) is 8.06. The highest BCUT2D eigenvalue weighted by molar-refractivity contribution is 7.92. The lowest BCUT2D eigenvalue weighted by Gasteiger charge is -2.33. The van der Waals surface area contributed by atoms with Crippen molar-refractivity contribution in [1.82, 2.24) is 4.31 Å². The maximum atomic E-state index is 11.6. The number of para-hydroxylation sites is 2. The lowest BCUT2D eigenvalue weighted by Crippen LogP contribution is -2.45. The molecular formula is C24H30N2O7S. The molecule has 0 bridgehead atoms. The Bertz CT molecular complexity index is 970. The predicted molar refractivity (Wildman–Crippen MR) is 131 cm³/mol. The summed E-state index contributed by atoms with van der Waals surface area (Å²) in [6, 6.07) is 11.1. The Balaban J connectivity index is 0.000000192. The predicted octanol–water partition coefficient (Wildman–Crippen LogP) is 3.58. The third-order valence-corrected chi connectivity index (χ3v) is 5.96. The molecule has 184 valence electrons. The fraction of sp³-hybridized carbons (Fsp3) is 0.375. The molecule has 34 heavy (non-hydrogen) atoms. The average Bonchev–Trinajstić information content (AvgIpc) is 2.90. The third-order valence-electron chi connectivity index (χ3n) is 5.13. The van der Waals surface area contributed by atoms with Gasteiger partial charge in [0.1, 0.15) is 12.2 Å². The normalized spacial score (nSPS) is 15.6. The maximum absolute atomic E-state index is 11.6. The molecule has 0 atom stereocenters. The summed E-state index contributed by atoms with van der Waals surface area (Å²) in [5.41, 5.74) is 1.31. The van der Waals surface area contributed by atoms with Crippen molar-refractivity contribution < 1.29 is 32.7 Å². The van der Waals surface area contributed by atoms with E-state index in [-0.39, 0.29) is 5.91 Å². The van der Waals surface area contributed by atoms with Gasteiger partial charge in [-0.3, -0.25) is 4.79 Å². The van der Waals surface area contributed by atoms with E-state index in [4.69, 9.17) is 27.9 Å². The summed E-state index contributed by atoms with van der Waals surface area (Å²) in [4.78, 5) is 13.2.